The van der Waals surface area contributed by atoms with Gasteiger partial charge in [-0.3, -0.25) is 9.59 Å². The van der Waals surface area contributed by atoms with Crippen molar-refractivity contribution in [3.05, 3.63) is 101 Å². The lowest BCUT2D eigenvalue weighted by atomic mass is 10.0. The Balaban J connectivity index is 1.44. The largest absolute Gasteiger partial charge is 0.454 e. The summed E-state index contributed by atoms with van der Waals surface area (Å²) in [6, 6.07) is 23.6. The van der Waals surface area contributed by atoms with Gasteiger partial charge in [-0.05, 0) is 42.8 Å². The Hall–Kier alpha value is -4.18. The van der Waals surface area contributed by atoms with Crippen molar-refractivity contribution >= 4 is 39.5 Å². The van der Waals surface area contributed by atoms with Gasteiger partial charge in [-0.1, -0.05) is 54.1 Å². The first-order valence-electron chi connectivity index (χ1n) is 11.1. The van der Waals surface area contributed by atoms with Crippen molar-refractivity contribution in [1.29, 1.82) is 0 Å². The van der Waals surface area contributed by atoms with E-state index in [0.717, 1.165) is 38.9 Å². The molecule has 6 rings (SSSR count). The van der Waals surface area contributed by atoms with Crippen molar-refractivity contribution in [3.63, 3.8) is 0 Å². The molecule has 1 aliphatic rings. The summed E-state index contributed by atoms with van der Waals surface area (Å²) in [6.07, 6.45) is 1.71. The first kappa shape index (κ1) is 19.5. The summed E-state index contributed by atoms with van der Waals surface area (Å²) in [5.41, 5.74) is 5.84. The molecule has 3 aromatic carbocycles. The fourth-order valence-electron chi connectivity index (χ4n) is 4.68. The van der Waals surface area contributed by atoms with Gasteiger partial charge in [0, 0.05) is 41.1 Å². The first-order chi connectivity index (χ1) is 16.0. The number of fused-ring (bicyclic) bond motifs is 3. The smallest absolute Gasteiger partial charge is 0.197 e. The van der Waals surface area contributed by atoms with Gasteiger partial charge in [-0.25, -0.2) is 0 Å². The molecule has 33 heavy (non-hydrogen) atoms. The van der Waals surface area contributed by atoms with Crippen molar-refractivity contribution in [1.82, 2.24) is 4.57 Å². The van der Waals surface area contributed by atoms with Crippen LogP contribution in [-0.2, 0) is 6.54 Å². The number of benzene rings is 3. The number of carbonyl (C=O) groups excluding carboxylic acids is 2. The molecule has 1 aliphatic carbocycles. The molecule has 0 saturated heterocycles. The van der Waals surface area contributed by atoms with Crippen molar-refractivity contribution in [2.75, 3.05) is 0 Å². The highest BCUT2D eigenvalue weighted by Gasteiger charge is 2.33. The number of nitrogens with zero attached hydrogens (tertiary/aromatic N) is 1. The third kappa shape index (κ3) is 2.99. The monoisotopic (exact) mass is 431 g/mol. The van der Waals surface area contributed by atoms with E-state index in [9.17, 15) is 9.59 Å². The SMILES string of the molecule is CCn1c(C=C2C(=O)c3cc4ccccc4cc3C2=O)cc2oc(-c3ccc(C)cc3)cc21. The van der Waals surface area contributed by atoms with Gasteiger partial charge in [0.05, 0.1) is 11.1 Å². The number of aryl methyl sites for hydroxylation is 2. The minimum Gasteiger partial charge on any atom is -0.454 e. The third-order valence-corrected chi connectivity index (χ3v) is 6.43. The lowest BCUT2D eigenvalue weighted by molar-refractivity contribution is 0.0990. The molecule has 0 fully saturated rings. The van der Waals surface area contributed by atoms with Gasteiger partial charge in [-0.2, -0.15) is 0 Å². The van der Waals surface area contributed by atoms with E-state index in [1.54, 1.807) is 6.08 Å². The second-order valence-corrected chi connectivity index (χ2v) is 8.50. The summed E-state index contributed by atoms with van der Waals surface area (Å²) in [4.78, 5) is 26.3. The summed E-state index contributed by atoms with van der Waals surface area (Å²) in [7, 11) is 0. The Morgan fingerprint density at radius 1 is 0.848 bits per heavy atom. The predicted octanol–water partition coefficient (Wildman–Crippen LogP) is 6.85. The van der Waals surface area contributed by atoms with Gasteiger partial charge in [-0.15, -0.1) is 0 Å². The van der Waals surface area contributed by atoms with E-state index >= 15 is 0 Å². The molecule has 0 bridgehead atoms. The maximum Gasteiger partial charge on any atom is 0.197 e. The van der Waals surface area contributed by atoms with Crippen LogP contribution in [-0.4, -0.2) is 16.1 Å². The van der Waals surface area contributed by atoms with Gasteiger partial charge in [0.25, 0.3) is 0 Å². The van der Waals surface area contributed by atoms with Crippen molar-refractivity contribution in [2.45, 2.75) is 20.4 Å². The summed E-state index contributed by atoms with van der Waals surface area (Å²) >= 11 is 0. The number of allylic oxidation sites excluding steroid dienone is 1. The lowest BCUT2D eigenvalue weighted by Gasteiger charge is -2.04. The summed E-state index contributed by atoms with van der Waals surface area (Å²) in [5.74, 6) is 0.358. The lowest BCUT2D eigenvalue weighted by Crippen LogP contribution is -2.03. The minimum atomic E-state index is -0.221. The molecule has 0 N–H and O–H groups in total. The van der Waals surface area contributed by atoms with Crippen molar-refractivity contribution < 1.29 is 14.0 Å². The normalized spacial score (nSPS) is 13.3. The quantitative estimate of drug-likeness (QED) is 0.232. The molecule has 0 spiro atoms. The van der Waals surface area contributed by atoms with E-state index in [4.69, 9.17) is 4.42 Å². The van der Waals surface area contributed by atoms with Crippen LogP contribution in [0.2, 0.25) is 0 Å². The van der Waals surface area contributed by atoms with E-state index in [0.29, 0.717) is 17.7 Å². The van der Waals surface area contributed by atoms with Crippen LogP contribution in [0.3, 0.4) is 0 Å². The molecule has 0 radical (unpaired) electrons. The van der Waals surface area contributed by atoms with Crippen LogP contribution in [0.25, 0.3) is 39.3 Å². The highest BCUT2D eigenvalue weighted by Crippen LogP contribution is 2.34. The number of aromatic nitrogens is 1. The first-order valence-corrected chi connectivity index (χ1v) is 11.1. The zero-order chi connectivity index (χ0) is 22.7. The van der Waals surface area contributed by atoms with E-state index in [1.807, 2.05) is 67.6 Å². The Kier molecular flexibility index (Phi) is 4.24. The summed E-state index contributed by atoms with van der Waals surface area (Å²) in [5, 5.41) is 1.91. The van der Waals surface area contributed by atoms with E-state index in [1.165, 1.54) is 5.56 Å². The topological polar surface area (TPSA) is 52.2 Å². The van der Waals surface area contributed by atoms with Gasteiger partial charge >= 0.3 is 0 Å². The average molecular weight is 431 g/mol. The molecule has 0 amide bonds. The molecule has 4 heteroatoms. The van der Waals surface area contributed by atoms with E-state index in [2.05, 4.69) is 23.6 Å². The van der Waals surface area contributed by atoms with Crippen molar-refractivity contribution in [2.24, 2.45) is 0 Å². The van der Waals surface area contributed by atoms with Gasteiger partial charge in [0.2, 0.25) is 0 Å². The van der Waals surface area contributed by atoms with Crippen molar-refractivity contribution in [3.8, 4) is 11.3 Å². The highest BCUT2D eigenvalue weighted by molar-refractivity contribution is 6.42. The van der Waals surface area contributed by atoms with Crippen LogP contribution in [0.4, 0.5) is 0 Å². The van der Waals surface area contributed by atoms with Crippen LogP contribution < -0.4 is 0 Å². The van der Waals surface area contributed by atoms with Crippen LogP contribution in [0, 0.1) is 6.92 Å². The summed E-state index contributed by atoms with van der Waals surface area (Å²) in [6.45, 7) is 4.79. The Morgan fingerprint density at radius 2 is 1.48 bits per heavy atom. The Labute approximate surface area is 190 Å². The van der Waals surface area contributed by atoms with Gasteiger partial charge in [0.15, 0.2) is 17.1 Å². The molecule has 2 aromatic heterocycles. The zero-order valence-electron chi connectivity index (χ0n) is 18.4. The molecular weight excluding hydrogens is 410 g/mol. The molecule has 2 heterocycles. The number of furan rings is 1. The van der Waals surface area contributed by atoms with Crippen LogP contribution in [0.5, 0.6) is 0 Å². The highest BCUT2D eigenvalue weighted by atomic mass is 16.3. The predicted molar refractivity (Wildman–Crippen MR) is 131 cm³/mol. The van der Waals surface area contributed by atoms with E-state index < -0.39 is 0 Å². The van der Waals surface area contributed by atoms with E-state index in [-0.39, 0.29) is 17.1 Å². The maximum absolute atomic E-state index is 13.2. The molecule has 4 nitrogen and oxygen atoms in total. The standard InChI is InChI=1S/C29H21NO3/c1-3-30-21(15-27-25(30)16-26(33-27)18-10-8-17(2)9-11-18)14-24-28(31)22-12-19-6-4-5-7-20(19)13-23(22)29(24)32/h4-16H,3H2,1-2H3. The van der Waals surface area contributed by atoms with Gasteiger partial charge < -0.3 is 8.98 Å². The number of rotatable bonds is 3. The number of carbonyl (C=O) groups is 2. The molecule has 5 aromatic rings. The van der Waals surface area contributed by atoms with Crippen LogP contribution >= 0.6 is 0 Å². The molecule has 0 aliphatic heterocycles. The second kappa shape index (κ2) is 7.17. The van der Waals surface area contributed by atoms with Crippen LogP contribution in [0.15, 0.2) is 82.8 Å². The van der Waals surface area contributed by atoms with Gasteiger partial charge in [0.1, 0.15) is 5.76 Å². The molecule has 0 unspecified atom stereocenters. The molecule has 0 saturated carbocycles. The zero-order valence-corrected chi connectivity index (χ0v) is 18.4. The summed E-state index contributed by atoms with van der Waals surface area (Å²) < 4.78 is 8.20. The number of hydrogen-bond donors (Lipinski definition) is 0. The second-order valence-electron chi connectivity index (χ2n) is 8.50. The third-order valence-electron chi connectivity index (χ3n) is 6.43. The fraction of sp³-hybridized carbons (Fsp3) is 0.103. The van der Waals surface area contributed by atoms with Crippen LogP contribution in [0.1, 0.15) is 38.9 Å². The molecular formula is C29H21NO3. The fourth-order valence-corrected chi connectivity index (χ4v) is 4.68. The Bertz CT molecular complexity index is 1570. The minimum absolute atomic E-state index is 0.203. The molecule has 160 valence electrons. The number of hydrogen-bond acceptors (Lipinski definition) is 3. The number of ketones is 2. The maximum atomic E-state index is 13.2. The number of Topliss-reactive ketones (excluding diaryl/α,β-unsaturated/α-hetero) is 2. The molecule has 0 atom stereocenters. The Morgan fingerprint density at radius 3 is 2.09 bits per heavy atom. The average Bonchev–Trinajstić information content (AvgIpc) is 3.44.